The van der Waals surface area contributed by atoms with Gasteiger partial charge in [0.25, 0.3) is 0 Å². The van der Waals surface area contributed by atoms with E-state index >= 15 is 0 Å². The van der Waals surface area contributed by atoms with Gasteiger partial charge in [-0.3, -0.25) is 14.4 Å². The molecule has 3 aliphatic carbocycles. The Bertz CT molecular complexity index is 1180. The summed E-state index contributed by atoms with van der Waals surface area (Å²) in [6.45, 7) is 14.8. The van der Waals surface area contributed by atoms with Crippen LogP contribution in [0.3, 0.4) is 0 Å². The quantitative estimate of drug-likeness (QED) is 0.303. The second kappa shape index (κ2) is 10.2. The first kappa shape index (κ1) is 27.8. The Kier molecular flexibility index (Phi) is 7.43. The van der Waals surface area contributed by atoms with E-state index in [1.807, 2.05) is 13.0 Å². The monoisotopic (exact) mass is 522 g/mol. The third-order valence-electron chi connectivity index (χ3n) is 8.77. The summed E-state index contributed by atoms with van der Waals surface area (Å²) in [7, 11) is 0. The maximum Gasteiger partial charge on any atom is 0.338 e. The molecule has 7 heteroatoms. The number of hydrogen-bond acceptors (Lipinski definition) is 7. The summed E-state index contributed by atoms with van der Waals surface area (Å²) in [5.41, 5.74) is -0.203. The van der Waals surface area contributed by atoms with Crippen LogP contribution in [-0.2, 0) is 28.6 Å². The molecule has 2 fully saturated rings. The van der Waals surface area contributed by atoms with Gasteiger partial charge in [-0.15, -0.1) is 0 Å². The summed E-state index contributed by atoms with van der Waals surface area (Å²) in [5, 5.41) is 0. The fraction of sp³-hybridized carbons (Fsp3) is 0.548. The van der Waals surface area contributed by atoms with E-state index in [4.69, 9.17) is 14.2 Å². The smallest absolute Gasteiger partial charge is 0.338 e. The van der Waals surface area contributed by atoms with Crippen molar-refractivity contribution in [2.75, 3.05) is 0 Å². The zero-order valence-electron chi connectivity index (χ0n) is 23.1. The van der Waals surface area contributed by atoms with Crippen LogP contribution in [0, 0.1) is 29.1 Å². The molecule has 0 radical (unpaired) electrons. The van der Waals surface area contributed by atoms with Gasteiger partial charge < -0.3 is 14.2 Å². The minimum atomic E-state index is -1.69. The van der Waals surface area contributed by atoms with Crippen molar-refractivity contribution in [1.29, 1.82) is 0 Å². The molecule has 0 unspecified atom stereocenters. The minimum absolute atomic E-state index is 0.0165. The Morgan fingerprint density at radius 2 is 1.68 bits per heavy atom. The molecular formula is C31H38O7. The zero-order chi connectivity index (χ0) is 28.0. The number of benzene rings is 1. The van der Waals surface area contributed by atoms with Gasteiger partial charge in [0.15, 0.2) is 5.60 Å². The van der Waals surface area contributed by atoms with Crippen molar-refractivity contribution in [1.82, 2.24) is 0 Å². The molecule has 0 bridgehead atoms. The van der Waals surface area contributed by atoms with Crippen molar-refractivity contribution in [3.05, 3.63) is 59.7 Å². The van der Waals surface area contributed by atoms with E-state index in [0.29, 0.717) is 29.0 Å². The highest BCUT2D eigenvalue weighted by Crippen LogP contribution is 2.62. The molecular weight excluding hydrogens is 484 g/mol. The van der Waals surface area contributed by atoms with Gasteiger partial charge in [0.05, 0.1) is 11.5 Å². The predicted molar refractivity (Wildman–Crippen MR) is 141 cm³/mol. The molecule has 0 aliphatic heterocycles. The van der Waals surface area contributed by atoms with Crippen LogP contribution < -0.4 is 0 Å². The van der Waals surface area contributed by atoms with Gasteiger partial charge in [-0.1, -0.05) is 51.6 Å². The van der Waals surface area contributed by atoms with Crippen LogP contribution >= 0.6 is 0 Å². The van der Waals surface area contributed by atoms with Gasteiger partial charge >= 0.3 is 17.9 Å². The second-order valence-corrected chi connectivity index (χ2v) is 11.8. The number of carbonyl (C=O) groups is 4. The number of hydrogen-bond donors (Lipinski definition) is 0. The lowest BCUT2D eigenvalue weighted by Crippen LogP contribution is -2.55. The molecule has 0 saturated heterocycles. The Labute approximate surface area is 224 Å². The summed E-state index contributed by atoms with van der Waals surface area (Å²) < 4.78 is 17.9. The molecule has 0 amide bonds. The van der Waals surface area contributed by atoms with E-state index in [0.717, 1.165) is 6.42 Å². The topological polar surface area (TPSA) is 96.0 Å². The highest BCUT2D eigenvalue weighted by molar-refractivity contribution is 6.03. The van der Waals surface area contributed by atoms with Gasteiger partial charge in [0.2, 0.25) is 5.78 Å². The van der Waals surface area contributed by atoms with Gasteiger partial charge in [0, 0.05) is 20.3 Å². The third-order valence-corrected chi connectivity index (χ3v) is 8.77. The lowest BCUT2D eigenvalue weighted by molar-refractivity contribution is -0.179. The summed E-state index contributed by atoms with van der Waals surface area (Å²) in [5.74, 6) is -2.89. The molecule has 3 aliphatic rings. The molecule has 1 aromatic rings. The van der Waals surface area contributed by atoms with Crippen LogP contribution in [0.1, 0.15) is 71.2 Å². The van der Waals surface area contributed by atoms with Gasteiger partial charge in [-0.2, -0.15) is 0 Å². The summed E-state index contributed by atoms with van der Waals surface area (Å²) in [4.78, 5) is 52.4. The van der Waals surface area contributed by atoms with Gasteiger partial charge in [0.1, 0.15) is 12.2 Å². The first-order chi connectivity index (χ1) is 17.8. The van der Waals surface area contributed by atoms with Gasteiger partial charge in [-0.05, 0) is 66.2 Å². The number of fused-ring (bicyclic) bond motifs is 2. The summed E-state index contributed by atoms with van der Waals surface area (Å²) in [6.07, 6.45) is 1.63. The van der Waals surface area contributed by atoms with Crippen LogP contribution in [-0.4, -0.2) is 41.5 Å². The normalized spacial score (nSPS) is 34.1. The minimum Gasteiger partial charge on any atom is -0.458 e. The van der Waals surface area contributed by atoms with Crippen LogP contribution in [0.4, 0.5) is 0 Å². The molecule has 0 heterocycles. The van der Waals surface area contributed by atoms with Crippen molar-refractivity contribution < 1.29 is 33.4 Å². The van der Waals surface area contributed by atoms with Crippen LogP contribution in [0.25, 0.3) is 0 Å². The van der Waals surface area contributed by atoms with Crippen LogP contribution in [0.2, 0.25) is 0 Å². The third kappa shape index (κ3) is 4.95. The van der Waals surface area contributed by atoms with E-state index in [2.05, 4.69) is 20.4 Å². The van der Waals surface area contributed by atoms with Crippen molar-refractivity contribution >= 4 is 23.7 Å². The van der Waals surface area contributed by atoms with Crippen molar-refractivity contribution in [2.45, 2.75) is 78.6 Å². The fourth-order valence-electron chi connectivity index (χ4n) is 6.80. The molecule has 0 spiro atoms. The van der Waals surface area contributed by atoms with Gasteiger partial charge in [-0.25, -0.2) is 4.79 Å². The number of carbonyl (C=O) groups excluding carboxylic acids is 4. The lowest BCUT2D eigenvalue weighted by atomic mass is 9.76. The SMILES string of the molecule is C=C1CC[C@H]2[C@H](C=C(C)C(=O)[C@@]3(OC(C)=O)C[C@H](C)[C@H](OC(=O)c4ccccc4)[C@@H]3[C@H]1OC(C)=O)C2(C)C. The molecule has 7 nitrogen and oxygen atoms in total. The maximum absolute atomic E-state index is 14.3. The van der Waals surface area contributed by atoms with Crippen LogP contribution in [0.5, 0.6) is 0 Å². The molecule has 4 rings (SSSR count). The number of esters is 3. The average Bonchev–Trinajstić information content (AvgIpc) is 3.24. The Morgan fingerprint density at radius 1 is 1.03 bits per heavy atom. The average molecular weight is 523 g/mol. The summed E-state index contributed by atoms with van der Waals surface area (Å²) >= 11 is 0. The molecule has 0 N–H and O–H groups in total. The van der Waals surface area contributed by atoms with Crippen LogP contribution in [0.15, 0.2) is 54.1 Å². The summed E-state index contributed by atoms with van der Waals surface area (Å²) in [6, 6.07) is 8.56. The zero-order valence-corrected chi connectivity index (χ0v) is 23.1. The number of Topliss-reactive ketones (excluding diaryl/α,β-unsaturated/α-hetero) is 1. The molecule has 7 atom stereocenters. The maximum atomic E-state index is 14.3. The van der Waals surface area contributed by atoms with E-state index in [9.17, 15) is 19.2 Å². The second-order valence-electron chi connectivity index (χ2n) is 11.8. The highest BCUT2D eigenvalue weighted by Gasteiger charge is 2.65. The molecule has 1 aromatic carbocycles. The first-order valence-electron chi connectivity index (χ1n) is 13.3. The van der Waals surface area contributed by atoms with Crippen molar-refractivity contribution in [2.24, 2.45) is 29.1 Å². The molecule has 0 aromatic heterocycles. The van der Waals surface area contributed by atoms with Crippen molar-refractivity contribution in [3.63, 3.8) is 0 Å². The Balaban J connectivity index is 1.87. The molecule has 38 heavy (non-hydrogen) atoms. The largest absolute Gasteiger partial charge is 0.458 e. The van der Waals surface area contributed by atoms with E-state index < -0.39 is 41.6 Å². The van der Waals surface area contributed by atoms with Crippen molar-refractivity contribution in [3.8, 4) is 0 Å². The standard InChI is InChI=1S/C31H38O7/c1-17-13-14-23-24(30(23,6)7)15-18(2)28(34)31(38-21(5)33)16-19(3)27(25(31)26(17)36-20(4)32)37-29(35)22-11-9-8-10-12-22/h8-12,15,19,23-27H,1,13-14,16H2,2-7H3/t19-,23-,24-,25-,26-,27-,31+/m0/s1. The number of ketones is 1. The number of allylic oxidation sites excluding steroid dienone is 1. The Hall–Kier alpha value is -3.22. The highest BCUT2D eigenvalue weighted by atomic mass is 16.6. The number of ether oxygens (including phenoxy) is 3. The van der Waals surface area contributed by atoms with E-state index in [1.54, 1.807) is 37.3 Å². The predicted octanol–water partition coefficient (Wildman–Crippen LogP) is 5.24. The van der Waals surface area contributed by atoms with E-state index in [1.165, 1.54) is 13.8 Å². The molecule has 204 valence electrons. The number of rotatable bonds is 4. The Morgan fingerprint density at radius 3 is 2.29 bits per heavy atom. The molecule has 2 saturated carbocycles. The first-order valence-corrected chi connectivity index (χ1v) is 13.3. The fourth-order valence-corrected chi connectivity index (χ4v) is 6.80. The lowest BCUT2D eigenvalue weighted by Gasteiger charge is -2.39. The van der Waals surface area contributed by atoms with E-state index in [-0.39, 0.29) is 29.5 Å².